The summed E-state index contributed by atoms with van der Waals surface area (Å²) in [7, 11) is 1.82. The summed E-state index contributed by atoms with van der Waals surface area (Å²) in [5.74, 6) is 0.146. The summed E-state index contributed by atoms with van der Waals surface area (Å²) >= 11 is 0. The van der Waals surface area contributed by atoms with E-state index in [0.717, 1.165) is 62.6 Å². The van der Waals surface area contributed by atoms with Crippen molar-refractivity contribution in [3.8, 4) is 0 Å². The summed E-state index contributed by atoms with van der Waals surface area (Å²) in [6.07, 6.45) is 5.28. The van der Waals surface area contributed by atoms with Crippen LogP contribution in [0.15, 0.2) is 24.5 Å². The van der Waals surface area contributed by atoms with Crippen molar-refractivity contribution in [1.82, 2.24) is 24.6 Å². The number of pyridine rings is 1. The summed E-state index contributed by atoms with van der Waals surface area (Å²) in [5, 5.41) is 4.13. The lowest BCUT2D eigenvalue weighted by Gasteiger charge is -2.36. The van der Waals surface area contributed by atoms with Crippen molar-refractivity contribution in [2.45, 2.75) is 32.7 Å². The molecule has 8 nitrogen and oxygen atoms in total. The summed E-state index contributed by atoms with van der Waals surface area (Å²) in [6, 6.07) is 4.20. The Morgan fingerprint density at radius 3 is 2.52 bits per heavy atom. The maximum Gasteiger partial charge on any atom is 0.257 e. The third-order valence-electron chi connectivity index (χ3n) is 5.86. The highest BCUT2D eigenvalue weighted by Gasteiger charge is 2.32. The Hall–Kier alpha value is -2.90. The van der Waals surface area contributed by atoms with Gasteiger partial charge < -0.3 is 14.7 Å². The van der Waals surface area contributed by atoms with E-state index in [4.69, 9.17) is 4.98 Å². The molecule has 0 bridgehead atoms. The smallest absolute Gasteiger partial charge is 0.257 e. The van der Waals surface area contributed by atoms with Crippen LogP contribution in [-0.2, 0) is 11.8 Å². The number of anilines is 1. The summed E-state index contributed by atoms with van der Waals surface area (Å²) < 4.78 is 1.65. The minimum Gasteiger partial charge on any atom is -0.368 e. The second-order valence-electron chi connectivity index (χ2n) is 7.94. The molecule has 2 fully saturated rings. The lowest BCUT2D eigenvalue weighted by molar-refractivity contribution is -0.129. The molecule has 29 heavy (non-hydrogen) atoms. The molecule has 2 aliphatic rings. The fourth-order valence-corrected chi connectivity index (χ4v) is 4.32. The molecule has 2 saturated heterocycles. The van der Waals surface area contributed by atoms with Gasteiger partial charge in [-0.15, -0.1) is 0 Å². The van der Waals surface area contributed by atoms with E-state index in [0.29, 0.717) is 5.56 Å². The van der Waals surface area contributed by atoms with Crippen LogP contribution < -0.4 is 4.90 Å². The molecule has 0 spiro atoms. The first kappa shape index (κ1) is 19.4. The topological polar surface area (TPSA) is 74.6 Å². The molecule has 8 heteroatoms. The van der Waals surface area contributed by atoms with Crippen LogP contribution in [-0.4, -0.2) is 69.1 Å². The zero-order chi connectivity index (χ0) is 20.5. The first-order valence-corrected chi connectivity index (χ1v) is 10.2. The van der Waals surface area contributed by atoms with Crippen LogP contribution in [0.3, 0.4) is 0 Å². The van der Waals surface area contributed by atoms with Gasteiger partial charge in [-0.1, -0.05) is 0 Å². The largest absolute Gasteiger partial charge is 0.368 e. The molecule has 4 heterocycles. The maximum absolute atomic E-state index is 13.0. The number of piperazine rings is 1. The molecule has 0 radical (unpaired) electrons. The number of amides is 2. The van der Waals surface area contributed by atoms with E-state index in [9.17, 15) is 9.59 Å². The number of carbonyl (C=O) groups is 2. The average molecular weight is 396 g/mol. The van der Waals surface area contributed by atoms with Crippen molar-refractivity contribution in [1.29, 1.82) is 0 Å². The number of likely N-dealkylation sites (tertiary alicyclic amines) is 1. The quantitative estimate of drug-likeness (QED) is 0.791. The number of hydrogen-bond acceptors (Lipinski definition) is 5. The lowest BCUT2D eigenvalue weighted by atomic mass is 10.1. The highest BCUT2D eigenvalue weighted by atomic mass is 16.2. The van der Waals surface area contributed by atoms with Crippen LogP contribution in [0.4, 0.5) is 5.69 Å². The van der Waals surface area contributed by atoms with Crippen molar-refractivity contribution < 1.29 is 9.59 Å². The molecule has 2 aromatic heterocycles. The molecule has 0 unspecified atom stereocenters. The molecule has 0 aliphatic carbocycles. The molecule has 1 atom stereocenters. The van der Waals surface area contributed by atoms with E-state index >= 15 is 0 Å². The summed E-state index contributed by atoms with van der Waals surface area (Å²) in [5.41, 5.74) is 3.64. The first-order valence-electron chi connectivity index (χ1n) is 10.2. The predicted molar refractivity (Wildman–Crippen MR) is 110 cm³/mol. The molecule has 154 valence electrons. The van der Waals surface area contributed by atoms with Gasteiger partial charge in [-0.25, -0.2) is 0 Å². The van der Waals surface area contributed by atoms with Crippen LogP contribution in [0, 0.1) is 6.92 Å². The van der Waals surface area contributed by atoms with Crippen molar-refractivity contribution in [2.75, 3.05) is 37.6 Å². The number of nitrogens with zero attached hydrogens (tertiary/aromatic N) is 6. The fourth-order valence-electron chi connectivity index (χ4n) is 4.32. The second kappa shape index (κ2) is 7.85. The van der Waals surface area contributed by atoms with Crippen molar-refractivity contribution in [2.24, 2.45) is 7.05 Å². The Morgan fingerprint density at radius 2 is 1.86 bits per heavy atom. The van der Waals surface area contributed by atoms with Crippen molar-refractivity contribution in [3.05, 3.63) is 41.5 Å². The minimum absolute atomic E-state index is 0.0140. The highest BCUT2D eigenvalue weighted by molar-refractivity contribution is 5.94. The van der Waals surface area contributed by atoms with Gasteiger partial charge in [0.05, 0.1) is 23.5 Å². The maximum atomic E-state index is 13.0. The zero-order valence-corrected chi connectivity index (χ0v) is 17.3. The molecule has 2 amide bonds. The van der Waals surface area contributed by atoms with Crippen molar-refractivity contribution >= 4 is 17.5 Å². The fraction of sp³-hybridized carbons (Fsp3) is 0.524. The van der Waals surface area contributed by atoms with Crippen LogP contribution in [0.5, 0.6) is 0 Å². The van der Waals surface area contributed by atoms with E-state index < -0.39 is 0 Å². The van der Waals surface area contributed by atoms with Crippen LogP contribution in [0.1, 0.15) is 47.6 Å². The highest BCUT2D eigenvalue weighted by Crippen LogP contribution is 2.34. The Balaban J connectivity index is 1.55. The number of aryl methyl sites for hydroxylation is 2. The van der Waals surface area contributed by atoms with Crippen molar-refractivity contribution in [3.63, 3.8) is 0 Å². The molecule has 2 aromatic rings. The Morgan fingerprint density at radius 1 is 1.10 bits per heavy atom. The van der Waals surface area contributed by atoms with Crippen LogP contribution in [0.25, 0.3) is 0 Å². The monoisotopic (exact) mass is 396 g/mol. The molecule has 0 saturated carbocycles. The Bertz CT molecular complexity index is 916. The van der Waals surface area contributed by atoms with E-state index in [1.54, 1.807) is 24.0 Å². The minimum atomic E-state index is -0.0140. The predicted octanol–water partition coefficient (Wildman–Crippen LogP) is 1.77. The van der Waals surface area contributed by atoms with Gasteiger partial charge in [-0.3, -0.25) is 19.3 Å². The van der Waals surface area contributed by atoms with Gasteiger partial charge in [0.1, 0.15) is 0 Å². The van der Waals surface area contributed by atoms with Gasteiger partial charge >= 0.3 is 0 Å². The summed E-state index contributed by atoms with van der Waals surface area (Å²) in [4.78, 5) is 35.5. The normalized spacial score (nSPS) is 19.7. The molecule has 0 N–H and O–H groups in total. The average Bonchev–Trinajstić information content (AvgIpc) is 3.36. The van der Waals surface area contributed by atoms with E-state index in [1.165, 1.54) is 0 Å². The number of rotatable bonds is 3. The number of aromatic nitrogens is 3. The molecule has 0 aromatic carbocycles. The third-order valence-corrected chi connectivity index (χ3v) is 5.86. The standard InChI is InChI=1S/C21H28N6O2/c1-15-11-18(26-9-7-25(8-10-26)16(2)28)12-19(23-15)20-5-4-6-27(20)21(29)17-13-22-24(3)14-17/h11-14,20H,4-10H2,1-3H3/t20-/m0/s1. The zero-order valence-electron chi connectivity index (χ0n) is 17.3. The molecule has 4 rings (SSSR count). The van der Waals surface area contributed by atoms with Gasteiger partial charge in [-0.05, 0) is 31.9 Å². The van der Waals surface area contributed by atoms with Gasteiger partial charge in [0.15, 0.2) is 0 Å². The third kappa shape index (κ3) is 3.97. The SMILES string of the molecule is CC(=O)N1CCN(c2cc(C)nc([C@@H]3CCCN3C(=O)c3cnn(C)c3)c2)CC1. The van der Waals surface area contributed by atoms with Gasteiger partial charge in [0.25, 0.3) is 5.91 Å². The first-order chi connectivity index (χ1) is 13.9. The number of carbonyl (C=O) groups excluding carboxylic acids is 2. The summed E-state index contributed by atoms with van der Waals surface area (Å²) in [6.45, 7) is 7.46. The van der Waals surface area contributed by atoms with Gasteiger partial charge in [0, 0.05) is 64.3 Å². The van der Waals surface area contributed by atoms with Gasteiger partial charge in [-0.2, -0.15) is 5.10 Å². The van der Waals surface area contributed by atoms with E-state index in [-0.39, 0.29) is 17.9 Å². The number of hydrogen-bond donors (Lipinski definition) is 0. The molecule has 2 aliphatic heterocycles. The van der Waals surface area contributed by atoms with Crippen LogP contribution in [0.2, 0.25) is 0 Å². The molecular formula is C21H28N6O2. The Labute approximate surface area is 171 Å². The second-order valence-corrected chi connectivity index (χ2v) is 7.94. The Kier molecular flexibility index (Phi) is 5.25. The lowest BCUT2D eigenvalue weighted by Crippen LogP contribution is -2.48. The van der Waals surface area contributed by atoms with E-state index in [2.05, 4.69) is 22.1 Å². The molecular weight excluding hydrogens is 368 g/mol. The van der Waals surface area contributed by atoms with E-state index in [1.807, 2.05) is 23.8 Å². The van der Waals surface area contributed by atoms with Crippen LogP contribution >= 0.6 is 0 Å². The van der Waals surface area contributed by atoms with Gasteiger partial charge in [0.2, 0.25) is 5.91 Å².